The summed E-state index contributed by atoms with van der Waals surface area (Å²) in [5.41, 5.74) is 2.06. The number of amides is 1. The lowest BCUT2D eigenvalue weighted by molar-refractivity contribution is -0.917. The number of hydrogen-bond acceptors (Lipinski definition) is 4. The highest BCUT2D eigenvalue weighted by molar-refractivity contribution is 5.80. The normalized spacial score (nSPS) is 16.3. The minimum Gasteiger partial charge on any atom is -0.330 e. The molecule has 2 heterocycles. The van der Waals surface area contributed by atoms with Gasteiger partial charge in [0.15, 0.2) is 0 Å². The largest absolute Gasteiger partial charge is 0.330 e. The number of aromatic nitrogens is 2. The zero-order valence-electron chi connectivity index (χ0n) is 16.0. The maximum absolute atomic E-state index is 12.9. The maximum atomic E-state index is 12.9. The third-order valence-corrected chi connectivity index (χ3v) is 5.27. The van der Waals surface area contributed by atoms with Gasteiger partial charge < -0.3 is 9.80 Å². The van der Waals surface area contributed by atoms with Crippen molar-refractivity contribution in [2.45, 2.75) is 33.4 Å². The third-order valence-electron chi connectivity index (χ3n) is 5.27. The fourth-order valence-electron chi connectivity index (χ4n) is 3.77. The molecular weight excluding hydrogens is 346 g/mol. The van der Waals surface area contributed by atoms with Crippen molar-refractivity contribution in [1.29, 1.82) is 0 Å². The molecule has 1 fully saturated rings. The second kappa shape index (κ2) is 7.87. The van der Waals surface area contributed by atoms with Crippen LogP contribution in [0.1, 0.15) is 29.9 Å². The summed E-state index contributed by atoms with van der Waals surface area (Å²) in [6.07, 6.45) is 0. The van der Waals surface area contributed by atoms with E-state index < -0.39 is 11.0 Å². The molecular formula is C19H26N5O3+. The highest BCUT2D eigenvalue weighted by atomic mass is 16.6. The Balaban J connectivity index is 1.62. The van der Waals surface area contributed by atoms with Crippen LogP contribution in [-0.2, 0) is 11.3 Å². The molecule has 1 saturated heterocycles. The number of nitro groups is 1. The highest BCUT2D eigenvalue weighted by Crippen LogP contribution is 2.25. The number of hydrogen-bond donors (Lipinski definition) is 1. The number of carbonyl (C=O) groups excluding carboxylic acids is 1. The van der Waals surface area contributed by atoms with E-state index >= 15 is 0 Å². The van der Waals surface area contributed by atoms with Crippen molar-refractivity contribution in [3.05, 3.63) is 57.4 Å². The molecule has 0 unspecified atom stereocenters. The molecule has 2 aromatic rings. The third kappa shape index (κ3) is 4.00. The van der Waals surface area contributed by atoms with Gasteiger partial charge in [-0.1, -0.05) is 30.3 Å². The molecule has 1 aliphatic heterocycles. The molecule has 27 heavy (non-hydrogen) atoms. The summed E-state index contributed by atoms with van der Waals surface area (Å²) in [6.45, 7) is 9.12. The SMILES string of the molecule is Cc1nn([C@H](C)C(=O)N2CC[NH+](Cc3ccccc3)CC2)c(C)c1[N+](=O)[O-]. The van der Waals surface area contributed by atoms with Gasteiger partial charge in [0.2, 0.25) is 5.91 Å². The fraction of sp³-hybridized carbons (Fsp3) is 0.474. The van der Waals surface area contributed by atoms with Crippen molar-refractivity contribution in [3.8, 4) is 0 Å². The first-order valence-electron chi connectivity index (χ1n) is 9.25. The van der Waals surface area contributed by atoms with Crippen molar-refractivity contribution in [1.82, 2.24) is 14.7 Å². The van der Waals surface area contributed by atoms with E-state index in [4.69, 9.17) is 0 Å². The first kappa shape index (κ1) is 19.0. The predicted molar refractivity (Wildman–Crippen MR) is 100 cm³/mol. The van der Waals surface area contributed by atoms with E-state index in [0.717, 1.165) is 19.6 Å². The van der Waals surface area contributed by atoms with Gasteiger partial charge in [0, 0.05) is 5.56 Å². The Morgan fingerprint density at radius 2 is 1.89 bits per heavy atom. The molecule has 8 heteroatoms. The van der Waals surface area contributed by atoms with Crippen molar-refractivity contribution < 1.29 is 14.6 Å². The zero-order valence-corrected chi connectivity index (χ0v) is 16.0. The van der Waals surface area contributed by atoms with Crippen LogP contribution in [0, 0.1) is 24.0 Å². The molecule has 1 N–H and O–H groups in total. The Morgan fingerprint density at radius 1 is 1.26 bits per heavy atom. The highest BCUT2D eigenvalue weighted by Gasteiger charge is 2.31. The van der Waals surface area contributed by atoms with Crippen LogP contribution in [-0.4, -0.2) is 51.7 Å². The van der Waals surface area contributed by atoms with Gasteiger partial charge in [-0.25, -0.2) is 0 Å². The lowest BCUT2D eigenvalue weighted by atomic mass is 10.2. The molecule has 144 valence electrons. The monoisotopic (exact) mass is 372 g/mol. The molecule has 0 saturated carbocycles. The number of nitrogens with zero attached hydrogens (tertiary/aromatic N) is 4. The van der Waals surface area contributed by atoms with Gasteiger partial charge in [-0.05, 0) is 20.8 Å². The van der Waals surface area contributed by atoms with Crippen LogP contribution in [0.4, 0.5) is 5.69 Å². The molecule has 0 radical (unpaired) electrons. The van der Waals surface area contributed by atoms with Gasteiger partial charge in [-0.2, -0.15) is 5.10 Å². The minimum atomic E-state index is -0.548. The summed E-state index contributed by atoms with van der Waals surface area (Å²) in [7, 11) is 0. The number of nitrogens with one attached hydrogen (secondary N) is 1. The smallest absolute Gasteiger partial charge is 0.312 e. The van der Waals surface area contributed by atoms with Crippen molar-refractivity contribution in [2.75, 3.05) is 26.2 Å². The number of piperazine rings is 1. The number of carbonyl (C=O) groups is 1. The van der Waals surface area contributed by atoms with Gasteiger partial charge >= 0.3 is 5.69 Å². The zero-order chi connectivity index (χ0) is 19.6. The lowest BCUT2D eigenvalue weighted by Crippen LogP contribution is -3.13. The van der Waals surface area contributed by atoms with E-state index in [1.165, 1.54) is 15.1 Å². The Labute approximate surface area is 158 Å². The summed E-state index contributed by atoms with van der Waals surface area (Å²) < 4.78 is 1.49. The van der Waals surface area contributed by atoms with E-state index in [1.54, 1.807) is 20.8 Å². The van der Waals surface area contributed by atoms with Crippen LogP contribution in [0.15, 0.2) is 30.3 Å². The Morgan fingerprint density at radius 3 is 2.44 bits per heavy atom. The number of quaternary nitrogens is 1. The number of benzene rings is 1. The average molecular weight is 372 g/mol. The maximum Gasteiger partial charge on any atom is 0.312 e. The molecule has 8 nitrogen and oxygen atoms in total. The van der Waals surface area contributed by atoms with Crippen LogP contribution < -0.4 is 4.90 Å². The quantitative estimate of drug-likeness (QED) is 0.624. The molecule has 1 amide bonds. The van der Waals surface area contributed by atoms with Crippen LogP contribution in [0.5, 0.6) is 0 Å². The number of aryl methyl sites for hydroxylation is 1. The van der Waals surface area contributed by atoms with Gasteiger partial charge in [0.1, 0.15) is 24.0 Å². The lowest BCUT2D eigenvalue weighted by Gasteiger charge is -2.33. The second-order valence-corrected chi connectivity index (χ2v) is 7.13. The van der Waals surface area contributed by atoms with E-state index in [2.05, 4.69) is 17.2 Å². The molecule has 3 rings (SSSR count). The van der Waals surface area contributed by atoms with Crippen molar-refractivity contribution in [3.63, 3.8) is 0 Å². The standard InChI is InChI=1S/C19H25N5O3/c1-14-18(24(26)27)15(2)23(20-14)16(3)19(25)22-11-9-21(10-12-22)13-17-7-5-4-6-8-17/h4-8,16H,9-13H2,1-3H3/p+1/t16-/m1/s1. The molecule has 1 aromatic heterocycles. The summed E-state index contributed by atoms with van der Waals surface area (Å²) in [6, 6.07) is 9.81. The Kier molecular flexibility index (Phi) is 5.55. The van der Waals surface area contributed by atoms with Crippen LogP contribution >= 0.6 is 0 Å². The first-order valence-corrected chi connectivity index (χ1v) is 9.25. The molecule has 0 aliphatic carbocycles. The molecule has 1 aliphatic rings. The second-order valence-electron chi connectivity index (χ2n) is 7.13. The summed E-state index contributed by atoms with van der Waals surface area (Å²) >= 11 is 0. The molecule has 0 spiro atoms. The van der Waals surface area contributed by atoms with Crippen LogP contribution in [0.25, 0.3) is 0 Å². The molecule has 1 aromatic carbocycles. The van der Waals surface area contributed by atoms with Gasteiger partial charge in [0.05, 0.1) is 31.1 Å². The van der Waals surface area contributed by atoms with Crippen LogP contribution in [0.2, 0.25) is 0 Å². The molecule has 0 bridgehead atoms. The van der Waals surface area contributed by atoms with Gasteiger partial charge in [-0.15, -0.1) is 0 Å². The summed E-state index contributed by atoms with van der Waals surface area (Å²) in [4.78, 5) is 27.0. The van der Waals surface area contributed by atoms with Gasteiger partial charge in [0.25, 0.3) is 0 Å². The van der Waals surface area contributed by atoms with Crippen LogP contribution in [0.3, 0.4) is 0 Å². The van der Waals surface area contributed by atoms with Crippen molar-refractivity contribution in [2.24, 2.45) is 0 Å². The summed E-state index contributed by atoms with van der Waals surface area (Å²) in [5, 5.41) is 15.4. The number of rotatable bonds is 5. The Bertz CT molecular complexity index is 825. The first-order chi connectivity index (χ1) is 12.9. The topological polar surface area (TPSA) is 85.7 Å². The van der Waals surface area contributed by atoms with E-state index in [0.29, 0.717) is 24.5 Å². The average Bonchev–Trinajstić information content (AvgIpc) is 2.96. The van der Waals surface area contributed by atoms with E-state index in [-0.39, 0.29) is 11.6 Å². The van der Waals surface area contributed by atoms with Gasteiger partial charge in [-0.3, -0.25) is 19.6 Å². The van der Waals surface area contributed by atoms with E-state index in [9.17, 15) is 14.9 Å². The minimum absolute atomic E-state index is 0.00762. The Hall–Kier alpha value is -2.74. The molecule has 1 atom stereocenters. The predicted octanol–water partition coefficient (Wildman–Crippen LogP) is 0.896. The fourth-order valence-corrected chi connectivity index (χ4v) is 3.77. The van der Waals surface area contributed by atoms with Crippen molar-refractivity contribution >= 4 is 11.6 Å². The van der Waals surface area contributed by atoms with E-state index in [1.807, 2.05) is 23.1 Å². The summed E-state index contributed by atoms with van der Waals surface area (Å²) in [5.74, 6) is -0.0331.